The van der Waals surface area contributed by atoms with Crippen LogP contribution < -0.4 is 5.32 Å². The van der Waals surface area contributed by atoms with Crippen molar-refractivity contribution < 1.29 is 67.8 Å². The number of alkyl carbamates (subject to hydrolysis) is 1. The average molecular weight is 806 g/mol. The maximum Gasteiger partial charge on any atom is 0.408 e. The van der Waals surface area contributed by atoms with Gasteiger partial charge in [0.05, 0.1) is 35.6 Å². The molecule has 10 atom stereocenters. The molecule has 0 aromatic heterocycles. The highest BCUT2D eigenvalue weighted by Crippen LogP contribution is 2.63. The Kier molecular flexibility index (Phi) is 11.0. The maximum atomic E-state index is 14.8. The van der Waals surface area contributed by atoms with Crippen molar-refractivity contribution in [3.05, 3.63) is 82.9 Å². The van der Waals surface area contributed by atoms with Crippen LogP contribution in [-0.2, 0) is 42.9 Å². The molecule has 1 aliphatic heterocycles. The number of carbonyl (C=O) groups is 6. The zero-order chi connectivity index (χ0) is 42.7. The van der Waals surface area contributed by atoms with Crippen LogP contribution in [0.5, 0.6) is 0 Å². The van der Waals surface area contributed by atoms with E-state index >= 15 is 0 Å². The molecule has 1 heterocycles. The standard InChI is InChI=1S/C43H51NO14/c1-22-26(55-37(51)32(48)30(24-15-11-9-12-16-24)44-38(52)58-39(3,4)5)20-43(53)35(56-36(50)25-17-13-10-14-18-25)33-41(8,34(49)31(47)29(22)40(43,6)7)27(46)19-28-42(33,21-54-28)57-23(2)45/h9-18,26-28,30,32-33,35,46,48,53H,19-21H2,1-8H3,(H,44,52)/t26-,27+,28-,30+,32+,33+,35+,41-,42+,43-/m1/s1. The first kappa shape index (κ1) is 42.6. The van der Waals surface area contributed by atoms with E-state index in [-0.39, 0.29) is 29.7 Å². The number of fused-ring (bicyclic) bond motifs is 5. The predicted octanol–water partition coefficient (Wildman–Crippen LogP) is 3.47. The Hall–Kier alpha value is -4.96. The second-order valence-electron chi connectivity index (χ2n) is 17.4. The summed E-state index contributed by atoms with van der Waals surface area (Å²) in [4.78, 5) is 83.5. The normalized spacial score (nSPS) is 32.4. The highest BCUT2D eigenvalue weighted by molar-refractivity contribution is 6.46. The summed E-state index contributed by atoms with van der Waals surface area (Å²) in [5, 5.41) is 39.3. The van der Waals surface area contributed by atoms with E-state index in [2.05, 4.69) is 5.32 Å². The second kappa shape index (κ2) is 15.0. The number of esters is 3. The number of hydrogen-bond donors (Lipinski definition) is 4. The molecule has 15 nitrogen and oxygen atoms in total. The molecular weight excluding hydrogens is 754 g/mol. The molecule has 4 aliphatic rings. The van der Waals surface area contributed by atoms with E-state index in [4.69, 9.17) is 23.7 Å². The Labute approximate surface area is 336 Å². The summed E-state index contributed by atoms with van der Waals surface area (Å²) in [6.45, 7) is 11.5. The summed E-state index contributed by atoms with van der Waals surface area (Å²) in [5.41, 5.74) is -8.77. The lowest BCUT2D eigenvalue weighted by Gasteiger charge is -2.66. The Bertz CT molecular complexity index is 2020. The van der Waals surface area contributed by atoms with E-state index in [1.54, 1.807) is 69.3 Å². The topological polar surface area (TPSA) is 221 Å². The molecule has 58 heavy (non-hydrogen) atoms. The molecule has 15 heteroatoms. The molecule has 0 radical (unpaired) electrons. The molecule has 0 spiro atoms. The number of ketones is 2. The Balaban J connectivity index is 1.49. The van der Waals surface area contributed by atoms with Crippen molar-refractivity contribution in [2.75, 3.05) is 6.61 Å². The van der Waals surface area contributed by atoms with Crippen LogP contribution in [-0.4, -0.2) is 105 Å². The minimum Gasteiger partial charge on any atom is -0.456 e. The van der Waals surface area contributed by atoms with Crippen LogP contribution in [0, 0.1) is 16.7 Å². The zero-order valence-corrected chi connectivity index (χ0v) is 33.8. The summed E-state index contributed by atoms with van der Waals surface area (Å²) in [5.74, 6) is -6.80. The number of benzene rings is 2. The number of hydrogen-bond acceptors (Lipinski definition) is 14. The van der Waals surface area contributed by atoms with Gasteiger partial charge in [-0.2, -0.15) is 0 Å². The largest absolute Gasteiger partial charge is 0.456 e. The number of aliphatic hydroxyl groups is 3. The van der Waals surface area contributed by atoms with Gasteiger partial charge in [-0.25, -0.2) is 14.4 Å². The Morgan fingerprint density at radius 3 is 2.10 bits per heavy atom. The number of aliphatic hydroxyl groups excluding tert-OH is 2. The zero-order valence-electron chi connectivity index (χ0n) is 33.8. The molecule has 2 aromatic rings. The monoisotopic (exact) mass is 805 g/mol. The first-order valence-corrected chi connectivity index (χ1v) is 19.2. The van der Waals surface area contributed by atoms with Crippen molar-refractivity contribution in [3.63, 3.8) is 0 Å². The number of amides is 1. The number of nitrogens with one attached hydrogen (secondary N) is 1. The van der Waals surface area contributed by atoms with Gasteiger partial charge in [-0.1, -0.05) is 62.4 Å². The van der Waals surface area contributed by atoms with E-state index in [1.165, 1.54) is 39.8 Å². The van der Waals surface area contributed by atoms with E-state index in [1.807, 2.05) is 0 Å². The molecule has 1 saturated heterocycles. The van der Waals surface area contributed by atoms with Gasteiger partial charge in [0.15, 0.2) is 11.7 Å². The van der Waals surface area contributed by atoms with Gasteiger partial charge < -0.3 is 44.3 Å². The highest BCUT2D eigenvalue weighted by atomic mass is 16.6. The third-order valence-corrected chi connectivity index (χ3v) is 12.4. The minimum atomic E-state index is -2.41. The van der Waals surface area contributed by atoms with Gasteiger partial charge in [-0.05, 0) is 57.9 Å². The number of ether oxygens (including phenoxy) is 5. The van der Waals surface area contributed by atoms with Gasteiger partial charge in [0.1, 0.15) is 29.5 Å². The highest BCUT2D eigenvalue weighted by Gasteiger charge is 2.78. The van der Waals surface area contributed by atoms with Gasteiger partial charge in [0.2, 0.25) is 11.6 Å². The maximum absolute atomic E-state index is 14.8. The molecule has 2 aromatic carbocycles. The molecule has 0 unspecified atom stereocenters. The van der Waals surface area contributed by atoms with E-state index in [9.17, 15) is 44.1 Å². The molecule has 6 rings (SSSR count). The fourth-order valence-electron chi connectivity index (χ4n) is 9.34. The minimum absolute atomic E-state index is 0.0602. The Morgan fingerprint density at radius 1 is 0.948 bits per heavy atom. The first-order chi connectivity index (χ1) is 27.0. The smallest absolute Gasteiger partial charge is 0.408 e. The molecular formula is C43H51NO14. The second-order valence-corrected chi connectivity index (χ2v) is 17.4. The van der Waals surface area contributed by atoms with Gasteiger partial charge in [0.25, 0.3) is 0 Å². The van der Waals surface area contributed by atoms with Crippen molar-refractivity contribution in [1.82, 2.24) is 5.32 Å². The van der Waals surface area contributed by atoms with Crippen LogP contribution in [0.3, 0.4) is 0 Å². The lowest BCUT2D eigenvalue weighted by atomic mass is 9.45. The molecule has 312 valence electrons. The quantitative estimate of drug-likeness (QED) is 0.171. The molecule has 2 bridgehead atoms. The third-order valence-electron chi connectivity index (χ3n) is 12.4. The Morgan fingerprint density at radius 2 is 1.55 bits per heavy atom. The molecule has 4 N–H and O–H groups in total. The first-order valence-electron chi connectivity index (χ1n) is 19.2. The van der Waals surface area contributed by atoms with Gasteiger partial charge in [0, 0.05) is 30.8 Å². The lowest BCUT2D eigenvalue weighted by molar-refractivity contribution is -0.343. The third kappa shape index (κ3) is 7.01. The SMILES string of the molecule is CC(=O)O[C@@]12CO[C@@H]1C[C@H](O)[C@@]1(C)C(=O)C(=O)C3=C(C)[C@H](OC(=O)[C@@H](O)[C@@H](NC(=O)OC(C)(C)C)c4ccccc4)C[C@@](O)([C@@H](OC(=O)c4ccccc4)[C@H]21)C3(C)C. The van der Waals surface area contributed by atoms with E-state index in [0.717, 1.165) is 6.92 Å². The number of Topliss-reactive ketones (excluding diaryl/α,β-unsaturated/α-hetero) is 2. The molecule has 3 aliphatic carbocycles. The summed E-state index contributed by atoms with van der Waals surface area (Å²) in [7, 11) is 0. The van der Waals surface area contributed by atoms with Crippen molar-refractivity contribution in [2.45, 2.75) is 122 Å². The average Bonchev–Trinajstić information content (AvgIpc) is 3.14. The van der Waals surface area contributed by atoms with Crippen molar-refractivity contribution in [3.8, 4) is 0 Å². The summed E-state index contributed by atoms with van der Waals surface area (Å²) in [6.07, 6.45) is -9.78. The number of rotatable bonds is 8. The number of carbonyl (C=O) groups excluding carboxylic acids is 6. The fourth-order valence-corrected chi connectivity index (χ4v) is 9.34. The summed E-state index contributed by atoms with van der Waals surface area (Å²) < 4.78 is 29.4. The fraction of sp³-hybridized carbons (Fsp3) is 0.535. The van der Waals surface area contributed by atoms with Gasteiger partial charge in [-0.3, -0.25) is 14.4 Å². The molecule has 2 saturated carbocycles. The molecule has 3 fully saturated rings. The van der Waals surface area contributed by atoms with E-state index in [0.29, 0.717) is 5.56 Å². The van der Waals surface area contributed by atoms with Crippen molar-refractivity contribution >= 4 is 35.6 Å². The van der Waals surface area contributed by atoms with Gasteiger partial charge >= 0.3 is 24.0 Å². The van der Waals surface area contributed by atoms with Crippen LogP contribution in [0.25, 0.3) is 0 Å². The lowest BCUT2D eigenvalue weighted by Crippen LogP contribution is -2.81. The summed E-state index contributed by atoms with van der Waals surface area (Å²) in [6, 6.07) is 14.5. The van der Waals surface area contributed by atoms with Crippen molar-refractivity contribution in [1.29, 1.82) is 0 Å². The summed E-state index contributed by atoms with van der Waals surface area (Å²) >= 11 is 0. The van der Waals surface area contributed by atoms with Gasteiger partial charge in [-0.15, -0.1) is 0 Å². The predicted molar refractivity (Wildman–Crippen MR) is 203 cm³/mol. The van der Waals surface area contributed by atoms with E-state index < -0.39 is 112 Å². The molecule has 1 amide bonds. The van der Waals surface area contributed by atoms with Crippen molar-refractivity contribution in [2.24, 2.45) is 16.7 Å². The van der Waals surface area contributed by atoms with Crippen LogP contribution >= 0.6 is 0 Å². The van der Waals surface area contributed by atoms with Crippen LogP contribution in [0.15, 0.2) is 71.8 Å². The van der Waals surface area contributed by atoms with Crippen LogP contribution in [0.2, 0.25) is 0 Å². The van der Waals surface area contributed by atoms with Crippen LogP contribution in [0.4, 0.5) is 4.79 Å². The van der Waals surface area contributed by atoms with Crippen LogP contribution in [0.1, 0.15) is 90.2 Å².